The van der Waals surface area contributed by atoms with E-state index in [0.717, 1.165) is 51.4 Å². The van der Waals surface area contributed by atoms with Crippen LogP contribution >= 0.6 is 7.82 Å². The van der Waals surface area contributed by atoms with Gasteiger partial charge in [-0.25, -0.2) is 4.57 Å². The summed E-state index contributed by atoms with van der Waals surface area (Å²) in [6, 6.07) is 0. The lowest BCUT2D eigenvalue weighted by Gasteiger charge is -2.18. The molecule has 0 saturated heterocycles. The average Bonchev–Trinajstić information content (AvgIpc) is 3.12. The van der Waals surface area contributed by atoms with Gasteiger partial charge >= 0.3 is 19.8 Å². The summed E-state index contributed by atoms with van der Waals surface area (Å²) in [6.45, 7) is 3.49. The van der Waals surface area contributed by atoms with Crippen LogP contribution < -0.4 is 0 Å². The van der Waals surface area contributed by atoms with E-state index in [4.69, 9.17) is 19.3 Å². The van der Waals surface area contributed by atoms with Gasteiger partial charge in [-0.2, -0.15) is 0 Å². The maximum atomic E-state index is 12.4. The van der Waals surface area contributed by atoms with E-state index >= 15 is 0 Å². The molecule has 0 aromatic rings. The number of carbonyl (C=O) groups excluding carboxylic acids is 2. The summed E-state index contributed by atoms with van der Waals surface area (Å²) >= 11 is 0. The highest BCUT2D eigenvalue weighted by Crippen LogP contribution is 2.36. The van der Waals surface area contributed by atoms with Crippen molar-refractivity contribution in [2.45, 2.75) is 174 Å². The zero-order valence-electron chi connectivity index (χ0n) is 33.0. The molecule has 0 radical (unpaired) electrons. The van der Waals surface area contributed by atoms with Crippen molar-refractivity contribution in [3.63, 3.8) is 0 Å². The molecule has 1 unspecified atom stereocenters. The summed E-state index contributed by atoms with van der Waals surface area (Å²) in [7, 11) is -4.79. The number of allylic oxidation sites excluding steroid dienone is 10. The van der Waals surface area contributed by atoms with Crippen LogP contribution in [0.15, 0.2) is 72.9 Å². The van der Waals surface area contributed by atoms with Gasteiger partial charge in [0.2, 0.25) is 0 Å². The van der Waals surface area contributed by atoms with Crippen molar-refractivity contribution in [1.82, 2.24) is 0 Å². The molecule has 0 aliphatic heterocycles. The van der Waals surface area contributed by atoms with E-state index < -0.39 is 38.6 Å². The van der Waals surface area contributed by atoms with Gasteiger partial charge in [-0.15, -0.1) is 0 Å². The third kappa shape index (κ3) is 40.5. The zero-order valence-corrected chi connectivity index (χ0v) is 33.9. The second kappa shape index (κ2) is 37.8. The van der Waals surface area contributed by atoms with Crippen LogP contribution in [0.5, 0.6) is 0 Å². The molecule has 0 fully saturated rings. The number of hydrogen-bond acceptors (Lipinski definition) is 7. The maximum absolute atomic E-state index is 12.4. The molecule has 2 atom stereocenters. The Labute approximate surface area is 322 Å². The number of rotatable bonds is 36. The smallest absolute Gasteiger partial charge is 0.462 e. The number of carbonyl (C=O) groups is 2. The summed E-state index contributed by atoms with van der Waals surface area (Å²) in [5, 5.41) is 10.1. The molecule has 0 heterocycles. The van der Waals surface area contributed by atoms with E-state index in [0.29, 0.717) is 25.7 Å². The van der Waals surface area contributed by atoms with Crippen molar-refractivity contribution in [2.24, 2.45) is 0 Å². The summed E-state index contributed by atoms with van der Waals surface area (Å²) < 4.78 is 26.3. The van der Waals surface area contributed by atoms with Crippen molar-refractivity contribution in [2.75, 3.05) is 13.2 Å². The van der Waals surface area contributed by atoms with Gasteiger partial charge in [0.05, 0.1) is 12.7 Å². The molecule has 0 rings (SSSR count). The molecule has 0 bridgehead atoms. The van der Waals surface area contributed by atoms with Gasteiger partial charge in [0.15, 0.2) is 6.10 Å². The topological polar surface area (TPSA) is 140 Å². The molecule has 9 nitrogen and oxygen atoms in total. The van der Waals surface area contributed by atoms with Crippen molar-refractivity contribution in [3.8, 4) is 0 Å². The normalized spacial score (nSPS) is 13.8. The quantitative estimate of drug-likeness (QED) is 0.0187. The lowest BCUT2D eigenvalue weighted by atomic mass is 10.1. The lowest BCUT2D eigenvalue weighted by Crippen LogP contribution is -2.29. The Hall–Kier alpha value is -2.55. The van der Waals surface area contributed by atoms with E-state index in [2.05, 4.69) is 60.9 Å². The van der Waals surface area contributed by atoms with E-state index in [1.807, 2.05) is 18.2 Å². The zero-order chi connectivity index (χ0) is 39.1. The average molecular weight is 765 g/mol. The SMILES string of the molecule is CCCCC/C=C\C/C=C\CCCCCCCCCC(=O)O[C@H](COC(=O)CCC/C=C/C=C\C(O)C/C=C\C/C=C\CCCCC)COP(=O)(O)O. The maximum Gasteiger partial charge on any atom is 0.469 e. The van der Waals surface area contributed by atoms with Gasteiger partial charge in [-0.3, -0.25) is 14.1 Å². The largest absolute Gasteiger partial charge is 0.469 e. The van der Waals surface area contributed by atoms with Crippen molar-refractivity contribution >= 4 is 19.8 Å². The van der Waals surface area contributed by atoms with Crippen LogP contribution in [0.2, 0.25) is 0 Å². The summed E-state index contributed by atoms with van der Waals surface area (Å²) in [5.41, 5.74) is 0. The van der Waals surface area contributed by atoms with Crippen molar-refractivity contribution in [3.05, 3.63) is 72.9 Å². The molecule has 0 aromatic heterocycles. The number of aliphatic hydroxyl groups is 1. The molecular formula is C43H73O9P. The van der Waals surface area contributed by atoms with Gasteiger partial charge in [0.1, 0.15) is 6.61 Å². The van der Waals surface area contributed by atoms with Crippen LogP contribution in [0.1, 0.15) is 162 Å². The first-order valence-electron chi connectivity index (χ1n) is 20.3. The fraction of sp³-hybridized carbons (Fsp3) is 0.674. The summed E-state index contributed by atoms with van der Waals surface area (Å²) in [5.74, 6) is -1.03. The molecule has 0 aliphatic rings. The molecule has 304 valence electrons. The fourth-order valence-corrected chi connectivity index (χ4v) is 5.54. The summed E-state index contributed by atoms with van der Waals surface area (Å²) in [4.78, 5) is 42.8. The molecule has 0 amide bonds. The number of esters is 2. The number of phosphoric acid groups is 1. The Kier molecular flexibility index (Phi) is 35.9. The molecule has 10 heteroatoms. The first kappa shape index (κ1) is 50.5. The minimum Gasteiger partial charge on any atom is -0.462 e. The predicted molar refractivity (Wildman–Crippen MR) is 217 cm³/mol. The number of aliphatic hydroxyl groups excluding tert-OH is 1. The van der Waals surface area contributed by atoms with Crippen molar-refractivity contribution < 1.29 is 43.0 Å². The monoisotopic (exact) mass is 764 g/mol. The van der Waals surface area contributed by atoms with E-state index in [9.17, 15) is 19.3 Å². The second-order valence-electron chi connectivity index (χ2n) is 13.5. The van der Waals surface area contributed by atoms with E-state index in [-0.39, 0.29) is 19.4 Å². The highest BCUT2D eigenvalue weighted by Gasteiger charge is 2.22. The third-order valence-corrected chi connectivity index (χ3v) is 8.76. The lowest BCUT2D eigenvalue weighted by molar-refractivity contribution is -0.161. The van der Waals surface area contributed by atoms with Crippen LogP contribution in [-0.2, 0) is 28.2 Å². The number of unbranched alkanes of at least 4 members (excludes halogenated alkanes) is 14. The Morgan fingerprint density at radius 2 is 1.09 bits per heavy atom. The number of ether oxygens (including phenoxy) is 2. The van der Waals surface area contributed by atoms with Gasteiger partial charge in [-0.1, -0.05) is 145 Å². The minimum absolute atomic E-state index is 0.127. The molecule has 0 aliphatic carbocycles. The summed E-state index contributed by atoms with van der Waals surface area (Å²) in [6.07, 6.45) is 45.0. The molecule has 0 aromatic carbocycles. The second-order valence-corrected chi connectivity index (χ2v) is 14.7. The third-order valence-electron chi connectivity index (χ3n) is 8.28. The van der Waals surface area contributed by atoms with E-state index in [1.54, 1.807) is 12.2 Å². The molecule has 0 saturated carbocycles. The Morgan fingerprint density at radius 1 is 0.585 bits per heavy atom. The number of hydrogen-bond donors (Lipinski definition) is 3. The van der Waals surface area contributed by atoms with Crippen LogP contribution in [0.25, 0.3) is 0 Å². The van der Waals surface area contributed by atoms with Crippen LogP contribution in [0.4, 0.5) is 0 Å². The molecule has 53 heavy (non-hydrogen) atoms. The fourth-order valence-electron chi connectivity index (χ4n) is 5.18. The highest BCUT2D eigenvalue weighted by molar-refractivity contribution is 7.46. The number of phosphoric ester groups is 1. The van der Waals surface area contributed by atoms with Crippen LogP contribution in [-0.4, -0.2) is 52.3 Å². The molecular weight excluding hydrogens is 691 g/mol. The first-order chi connectivity index (χ1) is 25.7. The Bertz CT molecular complexity index is 1100. The van der Waals surface area contributed by atoms with Gasteiger partial charge in [0.25, 0.3) is 0 Å². The first-order valence-corrected chi connectivity index (χ1v) is 21.9. The van der Waals surface area contributed by atoms with Gasteiger partial charge < -0.3 is 24.4 Å². The molecule has 0 spiro atoms. The van der Waals surface area contributed by atoms with Crippen LogP contribution in [0, 0.1) is 0 Å². The predicted octanol–water partition coefficient (Wildman–Crippen LogP) is 11.3. The van der Waals surface area contributed by atoms with Crippen LogP contribution in [0.3, 0.4) is 0 Å². The van der Waals surface area contributed by atoms with Gasteiger partial charge in [-0.05, 0) is 77.0 Å². The molecule has 3 N–H and O–H groups in total. The van der Waals surface area contributed by atoms with E-state index in [1.165, 1.54) is 57.8 Å². The van der Waals surface area contributed by atoms with Crippen molar-refractivity contribution in [1.29, 1.82) is 0 Å². The Morgan fingerprint density at radius 3 is 1.68 bits per heavy atom. The van der Waals surface area contributed by atoms with Gasteiger partial charge in [0, 0.05) is 12.8 Å². The minimum atomic E-state index is -4.79. The Balaban J connectivity index is 4.14. The standard InChI is InChI=1S/C43H73O9P/c1-3-5-7-9-11-13-14-15-16-17-18-19-20-22-24-28-33-37-43(46)52-41(39-51-53(47,48)49)38-50-42(45)36-32-29-25-27-31-35-40(44)34-30-26-23-21-12-10-8-6-4-2/h11-13,15-16,21,25-27,30-31,35,40-41,44H,3-10,14,17-20,22-24,28-29,32-34,36-39H2,1-2H3,(H2,47,48,49)/b13-11-,16-15-,21-12-,27-25+,30-26-,35-31-/t40?,41-/m1/s1. The highest BCUT2D eigenvalue weighted by atomic mass is 31.2.